The summed E-state index contributed by atoms with van der Waals surface area (Å²) in [6.07, 6.45) is 3.10. The lowest BCUT2D eigenvalue weighted by Gasteiger charge is -2.05. The molecule has 0 unspecified atom stereocenters. The van der Waals surface area contributed by atoms with Gasteiger partial charge in [-0.25, -0.2) is 9.59 Å². The quantitative estimate of drug-likeness (QED) is 0.268. The Labute approximate surface area is 168 Å². The molecule has 0 N–H and O–H groups in total. The molecule has 5 heteroatoms. The number of hydrogen-bond donors (Lipinski definition) is 0. The third kappa shape index (κ3) is 5.26. The Kier molecular flexibility index (Phi) is 6.32. The van der Waals surface area contributed by atoms with Gasteiger partial charge in [-0.2, -0.15) is 0 Å². The highest BCUT2D eigenvalue weighted by Gasteiger charge is 2.09. The molecule has 0 atom stereocenters. The lowest BCUT2D eigenvalue weighted by atomic mass is 10.1. The third-order valence-corrected chi connectivity index (χ3v) is 4.12. The highest BCUT2D eigenvalue weighted by Crippen LogP contribution is 2.16. The van der Waals surface area contributed by atoms with Crippen molar-refractivity contribution in [3.05, 3.63) is 107 Å². The second kappa shape index (κ2) is 9.28. The van der Waals surface area contributed by atoms with Crippen LogP contribution in [0.4, 0.5) is 0 Å². The number of methoxy groups -OCH3 is 1. The Morgan fingerprint density at radius 2 is 1.28 bits per heavy atom. The van der Waals surface area contributed by atoms with E-state index in [1.165, 1.54) is 13.2 Å². The molecule has 29 heavy (non-hydrogen) atoms. The first-order chi connectivity index (χ1) is 14.1. The van der Waals surface area contributed by atoms with Crippen molar-refractivity contribution in [3.63, 3.8) is 0 Å². The zero-order valence-corrected chi connectivity index (χ0v) is 15.7. The molecule has 3 rings (SSSR count). The molecule has 0 spiro atoms. The van der Waals surface area contributed by atoms with Gasteiger partial charge in [0.1, 0.15) is 5.75 Å². The molecule has 0 heterocycles. The van der Waals surface area contributed by atoms with E-state index in [9.17, 15) is 14.4 Å². The van der Waals surface area contributed by atoms with Gasteiger partial charge in [-0.1, -0.05) is 36.4 Å². The lowest BCUT2D eigenvalue weighted by Crippen LogP contribution is -2.08. The van der Waals surface area contributed by atoms with Gasteiger partial charge in [-0.15, -0.1) is 0 Å². The highest BCUT2D eigenvalue weighted by atomic mass is 16.5. The molecule has 0 aliphatic rings. The van der Waals surface area contributed by atoms with Crippen molar-refractivity contribution in [1.29, 1.82) is 0 Å². The summed E-state index contributed by atoms with van der Waals surface area (Å²) < 4.78 is 9.95. The number of esters is 2. The molecular weight excluding hydrogens is 368 g/mol. The van der Waals surface area contributed by atoms with Crippen LogP contribution >= 0.6 is 0 Å². The molecule has 0 fully saturated rings. The van der Waals surface area contributed by atoms with Crippen molar-refractivity contribution < 1.29 is 23.9 Å². The minimum atomic E-state index is -0.458. The van der Waals surface area contributed by atoms with Crippen LogP contribution in [0.15, 0.2) is 84.9 Å². The lowest BCUT2D eigenvalue weighted by molar-refractivity contribution is 0.0600. The maximum Gasteiger partial charge on any atom is 0.343 e. The van der Waals surface area contributed by atoms with Gasteiger partial charge in [0, 0.05) is 5.56 Å². The van der Waals surface area contributed by atoms with Crippen LogP contribution in [0, 0.1) is 0 Å². The fourth-order valence-corrected chi connectivity index (χ4v) is 2.54. The van der Waals surface area contributed by atoms with Gasteiger partial charge in [-0.3, -0.25) is 4.79 Å². The highest BCUT2D eigenvalue weighted by molar-refractivity contribution is 6.07. The van der Waals surface area contributed by atoms with Crippen molar-refractivity contribution >= 4 is 23.8 Å². The minimum absolute atomic E-state index is 0.192. The number of benzene rings is 3. The summed E-state index contributed by atoms with van der Waals surface area (Å²) in [7, 11) is 1.32. The smallest absolute Gasteiger partial charge is 0.343 e. The number of carbonyl (C=O) groups excluding carboxylic acids is 3. The SMILES string of the molecule is COC(=O)c1ccc(/C=C/C(=O)c2ccc(OC(=O)c3ccccc3)cc2)cc1. The molecule has 0 saturated heterocycles. The van der Waals surface area contributed by atoms with Crippen molar-refractivity contribution in [2.75, 3.05) is 7.11 Å². The summed E-state index contributed by atoms with van der Waals surface area (Å²) >= 11 is 0. The second-order valence-corrected chi connectivity index (χ2v) is 6.09. The van der Waals surface area contributed by atoms with E-state index in [2.05, 4.69) is 4.74 Å². The van der Waals surface area contributed by atoms with Crippen LogP contribution < -0.4 is 4.74 Å². The molecule has 0 saturated carbocycles. The molecule has 0 radical (unpaired) electrons. The average molecular weight is 386 g/mol. The first-order valence-electron chi connectivity index (χ1n) is 8.85. The van der Waals surface area contributed by atoms with E-state index in [-0.39, 0.29) is 5.78 Å². The first kappa shape index (κ1) is 19.8. The van der Waals surface area contributed by atoms with Gasteiger partial charge in [0.15, 0.2) is 5.78 Å². The average Bonchev–Trinajstić information content (AvgIpc) is 2.78. The van der Waals surface area contributed by atoms with Crippen LogP contribution in [0.1, 0.15) is 36.6 Å². The zero-order chi connectivity index (χ0) is 20.6. The zero-order valence-electron chi connectivity index (χ0n) is 15.7. The van der Waals surface area contributed by atoms with E-state index >= 15 is 0 Å². The van der Waals surface area contributed by atoms with E-state index in [1.54, 1.807) is 78.9 Å². The minimum Gasteiger partial charge on any atom is -0.465 e. The molecular formula is C24H18O5. The van der Waals surface area contributed by atoms with E-state index in [4.69, 9.17) is 4.74 Å². The molecule has 5 nitrogen and oxygen atoms in total. The number of rotatable bonds is 6. The third-order valence-electron chi connectivity index (χ3n) is 4.12. The Morgan fingerprint density at radius 1 is 0.690 bits per heavy atom. The maximum atomic E-state index is 12.3. The monoisotopic (exact) mass is 386 g/mol. The summed E-state index contributed by atoms with van der Waals surface area (Å²) in [5.74, 6) is -0.703. The van der Waals surface area contributed by atoms with Gasteiger partial charge >= 0.3 is 11.9 Å². The Hall–Kier alpha value is -3.99. The Morgan fingerprint density at radius 3 is 1.90 bits per heavy atom. The Bertz CT molecular complexity index is 1030. The topological polar surface area (TPSA) is 69.7 Å². The van der Waals surface area contributed by atoms with Crippen molar-refractivity contribution in [2.45, 2.75) is 0 Å². The van der Waals surface area contributed by atoms with Crippen molar-refractivity contribution in [3.8, 4) is 5.75 Å². The molecule has 0 amide bonds. The molecule has 0 aliphatic heterocycles. The predicted molar refractivity (Wildman–Crippen MR) is 109 cm³/mol. The number of ketones is 1. The summed E-state index contributed by atoms with van der Waals surface area (Å²) in [6, 6.07) is 21.7. The molecule has 3 aromatic rings. The van der Waals surface area contributed by atoms with Crippen LogP contribution in [0.3, 0.4) is 0 Å². The number of ether oxygens (including phenoxy) is 2. The van der Waals surface area contributed by atoms with Crippen LogP contribution in [0.25, 0.3) is 6.08 Å². The van der Waals surface area contributed by atoms with E-state index in [1.807, 2.05) is 6.07 Å². The second-order valence-electron chi connectivity index (χ2n) is 6.09. The van der Waals surface area contributed by atoms with Crippen molar-refractivity contribution in [1.82, 2.24) is 0 Å². The fraction of sp³-hybridized carbons (Fsp3) is 0.0417. The fourth-order valence-electron chi connectivity index (χ4n) is 2.54. The van der Waals surface area contributed by atoms with Crippen LogP contribution in [-0.4, -0.2) is 24.8 Å². The molecule has 0 bridgehead atoms. The number of allylic oxidation sites excluding steroid dienone is 1. The standard InChI is InChI=1S/C24H18O5/c1-28-23(26)20-10-7-17(8-11-20)9-16-22(25)18-12-14-21(15-13-18)29-24(27)19-5-3-2-4-6-19/h2-16H,1H3/b16-9+. The van der Waals surface area contributed by atoms with Crippen molar-refractivity contribution in [2.24, 2.45) is 0 Å². The van der Waals surface area contributed by atoms with Gasteiger partial charge in [0.25, 0.3) is 0 Å². The molecule has 0 aromatic heterocycles. The number of hydrogen-bond acceptors (Lipinski definition) is 5. The maximum absolute atomic E-state index is 12.3. The van der Waals surface area contributed by atoms with Gasteiger partial charge in [0.05, 0.1) is 18.2 Å². The first-order valence-corrected chi connectivity index (χ1v) is 8.85. The van der Waals surface area contributed by atoms with Crippen LogP contribution in [0.5, 0.6) is 5.75 Å². The summed E-state index contributed by atoms with van der Waals surface area (Å²) in [6.45, 7) is 0. The van der Waals surface area contributed by atoms with Gasteiger partial charge in [-0.05, 0) is 60.2 Å². The Balaban J connectivity index is 1.62. The summed E-state index contributed by atoms with van der Waals surface area (Å²) in [5, 5.41) is 0. The summed E-state index contributed by atoms with van der Waals surface area (Å²) in [5.41, 5.74) is 2.14. The molecule has 144 valence electrons. The van der Waals surface area contributed by atoms with E-state index < -0.39 is 11.9 Å². The number of carbonyl (C=O) groups is 3. The van der Waals surface area contributed by atoms with E-state index in [0.29, 0.717) is 22.4 Å². The largest absolute Gasteiger partial charge is 0.465 e. The van der Waals surface area contributed by atoms with Crippen LogP contribution in [0.2, 0.25) is 0 Å². The summed E-state index contributed by atoms with van der Waals surface area (Å²) in [4.78, 5) is 35.8. The van der Waals surface area contributed by atoms with Crippen LogP contribution in [-0.2, 0) is 4.74 Å². The predicted octanol–water partition coefficient (Wildman–Crippen LogP) is 4.59. The molecule has 0 aliphatic carbocycles. The van der Waals surface area contributed by atoms with Gasteiger partial charge < -0.3 is 9.47 Å². The normalized spacial score (nSPS) is 10.5. The molecule has 3 aromatic carbocycles. The van der Waals surface area contributed by atoms with E-state index in [0.717, 1.165) is 5.56 Å². The van der Waals surface area contributed by atoms with Gasteiger partial charge in [0.2, 0.25) is 0 Å².